The third-order valence-corrected chi connectivity index (χ3v) is 3.44. The Labute approximate surface area is 116 Å². The molecule has 0 radical (unpaired) electrons. The van der Waals surface area contributed by atoms with Crippen molar-refractivity contribution in [3.63, 3.8) is 0 Å². The van der Waals surface area contributed by atoms with Crippen LogP contribution in [0.25, 0.3) is 0 Å². The monoisotopic (exact) mass is 302 g/mol. The van der Waals surface area contributed by atoms with Crippen molar-refractivity contribution in [3.05, 3.63) is 53.3 Å². The number of aromatic carboxylic acids is 1. The average molecular weight is 302 g/mol. The molecule has 0 atom stereocenters. The largest absolute Gasteiger partial charge is 0.475 e. The van der Waals surface area contributed by atoms with E-state index in [1.54, 1.807) is 0 Å². The molecule has 0 aliphatic heterocycles. The highest BCUT2D eigenvalue weighted by atomic mass is 32.2. The van der Waals surface area contributed by atoms with Gasteiger partial charge in [-0.1, -0.05) is 30.0 Å². The van der Waals surface area contributed by atoms with E-state index < -0.39 is 17.7 Å². The van der Waals surface area contributed by atoms with Crippen LogP contribution in [0.4, 0.5) is 13.2 Å². The molecular formula is C13H9F3O3S. The van der Waals surface area contributed by atoms with E-state index in [1.165, 1.54) is 30.3 Å². The van der Waals surface area contributed by atoms with Crippen LogP contribution < -0.4 is 0 Å². The molecule has 0 unspecified atom stereocenters. The first-order chi connectivity index (χ1) is 9.38. The van der Waals surface area contributed by atoms with E-state index in [2.05, 4.69) is 0 Å². The smallest absolute Gasteiger partial charge is 0.416 e. The van der Waals surface area contributed by atoms with E-state index in [9.17, 15) is 18.0 Å². The van der Waals surface area contributed by atoms with Gasteiger partial charge in [0, 0.05) is 5.75 Å². The zero-order valence-electron chi connectivity index (χ0n) is 9.98. The summed E-state index contributed by atoms with van der Waals surface area (Å²) in [6.07, 6.45) is -4.41. The van der Waals surface area contributed by atoms with Gasteiger partial charge < -0.3 is 9.52 Å². The number of carboxylic acid groups (broad SMARTS) is 1. The normalized spacial score (nSPS) is 11.6. The molecule has 2 aromatic rings. The van der Waals surface area contributed by atoms with Gasteiger partial charge in [-0.25, -0.2) is 4.79 Å². The van der Waals surface area contributed by atoms with Gasteiger partial charge in [0.15, 0.2) is 5.09 Å². The molecule has 20 heavy (non-hydrogen) atoms. The summed E-state index contributed by atoms with van der Waals surface area (Å²) in [7, 11) is 0. The third kappa shape index (κ3) is 3.36. The van der Waals surface area contributed by atoms with Crippen LogP contribution >= 0.6 is 11.8 Å². The van der Waals surface area contributed by atoms with Gasteiger partial charge in [-0.3, -0.25) is 0 Å². The van der Waals surface area contributed by atoms with Crippen LogP contribution in [0.2, 0.25) is 0 Å². The SMILES string of the molecule is O=C(O)c1ccc(SCc2ccccc2C(F)(F)F)o1. The van der Waals surface area contributed by atoms with Crippen molar-refractivity contribution in [1.29, 1.82) is 0 Å². The number of hydrogen-bond acceptors (Lipinski definition) is 3. The summed E-state index contributed by atoms with van der Waals surface area (Å²) in [4.78, 5) is 10.6. The zero-order valence-corrected chi connectivity index (χ0v) is 10.8. The second-order valence-corrected chi connectivity index (χ2v) is 4.85. The molecule has 0 aliphatic rings. The predicted molar refractivity (Wildman–Crippen MR) is 66.7 cm³/mol. The lowest BCUT2D eigenvalue weighted by Crippen LogP contribution is -2.08. The van der Waals surface area contributed by atoms with Crippen LogP contribution in [0, 0.1) is 0 Å². The molecule has 0 fully saturated rings. The third-order valence-electron chi connectivity index (χ3n) is 2.48. The Morgan fingerprint density at radius 1 is 1.20 bits per heavy atom. The second kappa shape index (κ2) is 5.62. The molecule has 0 spiro atoms. The molecule has 1 aromatic carbocycles. The van der Waals surface area contributed by atoms with Crippen LogP contribution in [0.1, 0.15) is 21.7 Å². The molecule has 3 nitrogen and oxygen atoms in total. The summed E-state index contributed by atoms with van der Waals surface area (Å²) in [5.74, 6) is -1.41. The Morgan fingerprint density at radius 3 is 2.50 bits per heavy atom. The van der Waals surface area contributed by atoms with Crippen LogP contribution in [0.15, 0.2) is 45.9 Å². The van der Waals surface area contributed by atoms with Gasteiger partial charge in [-0.05, 0) is 23.8 Å². The first-order valence-electron chi connectivity index (χ1n) is 5.49. The number of carbonyl (C=O) groups is 1. The molecule has 1 N–H and O–H groups in total. The van der Waals surface area contributed by atoms with Crippen molar-refractivity contribution in [2.45, 2.75) is 17.0 Å². The van der Waals surface area contributed by atoms with Crippen molar-refractivity contribution in [2.24, 2.45) is 0 Å². The minimum absolute atomic E-state index is 0.0439. The maximum Gasteiger partial charge on any atom is 0.416 e. The number of benzene rings is 1. The Balaban J connectivity index is 2.13. The molecule has 0 bridgehead atoms. The second-order valence-electron chi connectivity index (χ2n) is 3.87. The number of halogens is 3. The van der Waals surface area contributed by atoms with Crippen LogP contribution in [-0.2, 0) is 11.9 Å². The van der Waals surface area contributed by atoms with Crippen molar-refractivity contribution in [1.82, 2.24) is 0 Å². The highest BCUT2D eigenvalue weighted by Gasteiger charge is 2.32. The molecule has 0 aliphatic carbocycles. The maximum atomic E-state index is 12.8. The van der Waals surface area contributed by atoms with Crippen molar-refractivity contribution in [2.75, 3.05) is 0 Å². The zero-order chi connectivity index (χ0) is 14.8. The Hall–Kier alpha value is -1.89. The molecule has 0 saturated carbocycles. The molecule has 7 heteroatoms. The van der Waals surface area contributed by atoms with Gasteiger partial charge in [0.1, 0.15) is 0 Å². The number of thioether (sulfide) groups is 1. The maximum absolute atomic E-state index is 12.8. The minimum atomic E-state index is -4.41. The van der Waals surface area contributed by atoms with E-state index in [1.807, 2.05) is 0 Å². The Bertz CT molecular complexity index is 619. The van der Waals surface area contributed by atoms with Crippen molar-refractivity contribution in [3.8, 4) is 0 Å². The Kier molecular flexibility index (Phi) is 4.08. The number of carboxylic acids is 1. The van der Waals surface area contributed by atoms with Gasteiger partial charge in [-0.2, -0.15) is 13.2 Å². The first-order valence-corrected chi connectivity index (χ1v) is 6.47. The fourth-order valence-corrected chi connectivity index (χ4v) is 2.45. The van der Waals surface area contributed by atoms with E-state index in [0.29, 0.717) is 0 Å². The minimum Gasteiger partial charge on any atom is -0.475 e. The van der Waals surface area contributed by atoms with Crippen LogP contribution in [0.5, 0.6) is 0 Å². The summed E-state index contributed by atoms with van der Waals surface area (Å²) < 4.78 is 43.3. The fourth-order valence-electron chi connectivity index (χ4n) is 1.58. The highest BCUT2D eigenvalue weighted by molar-refractivity contribution is 7.98. The number of furan rings is 1. The number of rotatable bonds is 4. The quantitative estimate of drug-likeness (QED) is 0.856. The molecule has 1 aromatic heterocycles. The van der Waals surface area contributed by atoms with E-state index >= 15 is 0 Å². The summed E-state index contributed by atoms with van der Waals surface area (Å²) in [5.41, 5.74) is -0.573. The van der Waals surface area contributed by atoms with E-state index in [4.69, 9.17) is 9.52 Å². The Morgan fingerprint density at radius 2 is 1.90 bits per heavy atom. The standard InChI is InChI=1S/C13H9F3O3S/c14-13(15,16)9-4-2-1-3-8(9)7-20-11-6-5-10(19-11)12(17)18/h1-6H,7H2,(H,17,18). The lowest BCUT2D eigenvalue weighted by atomic mass is 10.1. The highest BCUT2D eigenvalue weighted by Crippen LogP contribution is 2.35. The predicted octanol–water partition coefficient (Wildman–Crippen LogP) is 4.29. The molecule has 106 valence electrons. The average Bonchev–Trinajstić information content (AvgIpc) is 2.84. The lowest BCUT2D eigenvalue weighted by molar-refractivity contribution is -0.138. The van der Waals surface area contributed by atoms with Crippen LogP contribution in [-0.4, -0.2) is 11.1 Å². The van der Waals surface area contributed by atoms with Gasteiger partial charge in [0.25, 0.3) is 0 Å². The van der Waals surface area contributed by atoms with Gasteiger partial charge in [0.05, 0.1) is 5.56 Å². The van der Waals surface area contributed by atoms with E-state index in [0.717, 1.165) is 17.8 Å². The lowest BCUT2D eigenvalue weighted by Gasteiger charge is -2.11. The van der Waals surface area contributed by atoms with Crippen LogP contribution in [0.3, 0.4) is 0 Å². The van der Waals surface area contributed by atoms with Crippen molar-refractivity contribution >= 4 is 17.7 Å². The topological polar surface area (TPSA) is 50.4 Å². The van der Waals surface area contributed by atoms with Gasteiger partial charge in [-0.15, -0.1) is 0 Å². The van der Waals surface area contributed by atoms with E-state index in [-0.39, 0.29) is 22.2 Å². The molecule has 0 saturated heterocycles. The summed E-state index contributed by atoms with van der Waals surface area (Å²) in [6, 6.07) is 7.94. The van der Waals surface area contributed by atoms with Gasteiger partial charge >= 0.3 is 12.1 Å². The van der Waals surface area contributed by atoms with Crippen molar-refractivity contribution < 1.29 is 27.5 Å². The van der Waals surface area contributed by atoms with Gasteiger partial charge in [0.2, 0.25) is 5.76 Å². The molecule has 0 amide bonds. The summed E-state index contributed by atoms with van der Waals surface area (Å²) >= 11 is 1.01. The molecular weight excluding hydrogens is 293 g/mol. The molecule has 1 heterocycles. The summed E-state index contributed by atoms with van der Waals surface area (Å²) in [6.45, 7) is 0. The first kappa shape index (κ1) is 14.5. The molecule has 2 rings (SSSR count). The fraction of sp³-hybridized carbons (Fsp3) is 0.154. The number of alkyl halides is 3. The number of hydrogen-bond donors (Lipinski definition) is 1. The summed E-state index contributed by atoms with van der Waals surface area (Å²) in [5, 5.41) is 8.95.